The Labute approximate surface area is 285 Å². The van der Waals surface area contributed by atoms with Crippen molar-refractivity contribution in [1.82, 2.24) is 37.0 Å². The maximum Gasteiger partial charge on any atom is 1.00 e. The number of hydrogen-bond donors (Lipinski definition) is 7. The SMILES string of the molecule is F.N.N.N.N.O.O=S(=O)(Cl)CS(=O)(=O)Cl.O=S(=O)(F)NS(=O)(=O)F.O=S(=O)(F)NS(=O)(=O)F.O=S(=O)(F)NS(=O)(=O)F.[Li+].[Li+].[OH-]. The van der Waals surface area contributed by atoms with E-state index in [1.165, 1.54) is 0 Å². The number of nitrogens with one attached hydrogen (secondary N) is 3. The molecule has 0 amide bonds. The molecule has 0 aromatic carbocycles. The van der Waals surface area contributed by atoms with Gasteiger partial charge in [0.1, 0.15) is 0 Å². The van der Waals surface area contributed by atoms with Crippen molar-refractivity contribution in [2.45, 2.75) is 0 Å². The average Bonchev–Trinajstić information content (AvgIpc) is 2.19. The van der Waals surface area contributed by atoms with Crippen molar-refractivity contribution < 1.29 is 144 Å². The minimum Gasteiger partial charge on any atom is -0.870 e. The Bertz CT molecular complexity index is 1250. The molecule has 0 aromatic rings. The third-order valence-corrected chi connectivity index (χ3v) is 9.51. The molecular weight excluding hydrogens is 872 g/mol. The number of hydrogen-bond acceptors (Lipinski definition) is 21. The zero-order valence-electron chi connectivity index (χ0n) is 21.2. The van der Waals surface area contributed by atoms with Crippen molar-refractivity contribution >= 4 is 102 Å². The van der Waals surface area contributed by atoms with Gasteiger partial charge in [-0.05, 0) is 0 Å². The third-order valence-electron chi connectivity index (χ3n) is 0.879. The van der Waals surface area contributed by atoms with Crippen LogP contribution in [0.2, 0.25) is 0 Å². The van der Waals surface area contributed by atoms with E-state index in [2.05, 4.69) is 21.4 Å². The Morgan fingerprint density at radius 1 is 0.400 bits per heavy atom. The van der Waals surface area contributed by atoms with E-state index >= 15 is 0 Å². The Balaban J connectivity index is -0.0000000259. The van der Waals surface area contributed by atoms with E-state index in [0.717, 1.165) is 0 Å². The first-order chi connectivity index (χ1) is 14.8. The van der Waals surface area contributed by atoms with Gasteiger partial charge in [0.2, 0.25) is 18.1 Å². The first-order valence-electron chi connectivity index (χ1n) is 5.70. The summed E-state index contributed by atoms with van der Waals surface area (Å²) < 4.78 is 218. The van der Waals surface area contributed by atoms with Crippen molar-refractivity contribution in [2.24, 2.45) is 0 Å². The predicted molar refractivity (Wildman–Crippen MR) is 132 cm³/mol. The molecule has 45 heavy (non-hydrogen) atoms. The Morgan fingerprint density at radius 3 is 0.489 bits per heavy atom. The Hall–Kier alpha value is 0.525. The zero-order chi connectivity index (χ0) is 30.8. The summed E-state index contributed by atoms with van der Waals surface area (Å²) in [4.78, 5) is 0. The first kappa shape index (κ1) is 85.3. The van der Waals surface area contributed by atoms with Crippen LogP contribution >= 0.6 is 21.4 Å². The molecular formula is CH21Cl2F7Li2N7O18S8+. The third kappa shape index (κ3) is 134. The maximum absolute atomic E-state index is 11.1. The van der Waals surface area contributed by atoms with Crippen molar-refractivity contribution in [3.8, 4) is 0 Å². The molecule has 0 aliphatic heterocycles. The summed E-state index contributed by atoms with van der Waals surface area (Å²) in [5, 5.41) is -1.23. The van der Waals surface area contributed by atoms with Crippen LogP contribution in [-0.4, -0.2) is 83.4 Å². The minimum atomic E-state index is -5.49. The van der Waals surface area contributed by atoms with Gasteiger partial charge in [-0.3, -0.25) is 4.70 Å². The van der Waals surface area contributed by atoms with Crippen LogP contribution < -0.4 is 74.7 Å². The predicted octanol–water partition coefficient (Wildman–Crippen LogP) is -9.10. The quantitative estimate of drug-likeness (QED) is 0.0676. The van der Waals surface area contributed by atoms with E-state index in [0.29, 0.717) is 0 Å². The molecule has 0 spiro atoms. The molecule has 0 unspecified atom stereocenters. The Kier molecular flexibility index (Phi) is 58.0. The Morgan fingerprint density at radius 2 is 0.489 bits per heavy atom. The van der Waals surface area contributed by atoms with E-state index in [1.54, 1.807) is 0 Å². The summed E-state index contributed by atoms with van der Waals surface area (Å²) in [6.07, 6.45) is 0. The molecule has 0 atom stereocenters. The molecule has 0 aliphatic carbocycles. The fraction of sp³-hybridized carbons (Fsp3) is 1.00. The standard InChI is InChI=1S/CH2Cl2O4S2.3F2HNO4S2.FH.2Li.4H3N.2H2O/c2-8(4,5)1-9(3,6)7;3*1-8(4,5)3-9(2,6)7;;;;;;;;;/h1H2;3*3H;1H;;;4*1H3;2*1H2/q;;;;;2*+1;;;;;;/p-1. The van der Waals surface area contributed by atoms with Gasteiger partial charge in [0.15, 0.2) is 5.08 Å². The molecule has 44 heteroatoms. The summed E-state index contributed by atoms with van der Waals surface area (Å²) in [6, 6.07) is 0. The van der Waals surface area contributed by atoms with Crippen LogP contribution in [0.5, 0.6) is 0 Å². The monoisotopic (exact) mass is 892 g/mol. The largest absolute Gasteiger partial charge is 1.00 e. The minimum absolute atomic E-state index is 0. The van der Waals surface area contributed by atoms with Crippen LogP contribution in [0.3, 0.4) is 0 Å². The van der Waals surface area contributed by atoms with E-state index in [4.69, 9.17) is 0 Å². The molecule has 0 aromatic heterocycles. The second kappa shape index (κ2) is 30.6. The van der Waals surface area contributed by atoms with Crippen molar-refractivity contribution in [3.63, 3.8) is 0 Å². The van der Waals surface area contributed by atoms with Gasteiger partial charge in [-0.15, -0.1) is 0 Å². The van der Waals surface area contributed by atoms with E-state index in [-0.39, 0.29) is 90.4 Å². The number of halogens is 9. The summed E-state index contributed by atoms with van der Waals surface area (Å²) in [7, 11) is -32.0. The van der Waals surface area contributed by atoms with Crippen molar-refractivity contribution in [2.75, 3.05) is 5.08 Å². The van der Waals surface area contributed by atoms with Gasteiger partial charge in [0, 0.05) is 21.4 Å². The van der Waals surface area contributed by atoms with Crippen molar-refractivity contribution in [1.29, 1.82) is 0 Å². The molecule has 0 radical (unpaired) electrons. The van der Waals surface area contributed by atoms with Crippen LogP contribution in [0, 0.1) is 0 Å². The van der Waals surface area contributed by atoms with Gasteiger partial charge in [-0.2, -0.15) is 50.5 Å². The second-order valence-corrected chi connectivity index (χ2v) is 17.2. The average molecular weight is 894 g/mol. The van der Waals surface area contributed by atoms with E-state index < -0.39 is 85.6 Å². The summed E-state index contributed by atoms with van der Waals surface area (Å²) in [5.41, 5.74) is 0. The summed E-state index contributed by atoms with van der Waals surface area (Å²) in [5.74, 6) is 0. The number of rotatable bonds is 8. The van der Waals surface area contributed by atoms with Crippen LogP contribution in [-0.2, 0) is 80.6 Å². The topological polar surface area (TPSA) is 511 Å². The zero-order valence-corrected chi connectivity index (χ0v) is 29.3. The van der Waals surface area contributed by atoms with Gasteiger partial charge < -0.3 is 35.6 Å². The molecule has 25 nitrogen and oxygen atoms in total. The summed E-state index contributed by atoms with van der Waals surface area (Å²) in [6.45, 7) is 0. The fourth-order valence-electron chi connectivity index (χ4n) is 0.525. The molecule has 18 N–H and O–H groups in total. The van der Waals surface area contributed by atoms with Crippen LogP contribution in [0.15, 0.2) is 0 Å². The molecule has 0 saturated heterocycles. The van der Waals surface area contributed by atoms with Crippen molar-refractivity contribution in [3.05, 3.63) is 0 Å². The molecule has 0 aliphatic rings. The van der Waals surface area contributed by atoms with Gasteiger partial charge in [-0.25, -0.2) is 16.8 Å². The van der Waals surface area contributed by atoms with E-state index in [9.17, 15) is 90.7 Å². The molecule has 280 valence electrons. The smallest absolute Gasteiger partial charge is 0.870 e. The van der Waals surface area contributed by atoms with Crippen LogP contribution in [0.4, 0.5) is 28.0 Å². The van der Waals surface area contributed by atoms with Crippen LogP contribution in [0.1, 0.15) is 0 Å². The molecule has 0 rings (SSSR count). The fourth-order valence-corrected chi connectivity index (χ4v) is 7.24. The molecule has 0 saturated carbocycles. The molecule has 0 bridgehead atoms. The molecule has 0 fully saturated rings. The van der Waals surface area contributed by atoms with Crippen LogP contribution in [0.25, 0.3) is 0 Å². The van der Waals surface area contributed by atoms with E-state index in [1.807, 2.05) is 0 Å². The second-order valence-electron chi connectivity index (χ2n) is 4.07. The normalized spacial score (nSPS) is 10.8. The van der Waals surface area contributed by atoms with Gasteiger partial charge in [0.25, 0.3) is 0 Å². The van der Waals surface area contributed by atoms with Gasteiger partial charge in [-0.1, -0.05) is 35.7 Å². The maximum atomic E-state index is 11.1. The van der Waals surface area contributed by atoms with Gasteiger partial charge >= 0.3 is 100 Å². The summed E-state index contributed by atoms with van der Waals surface area (Å²) >= 11 is 0. The van der Waals surface area contributed by atoms with Gasteiger partial charge in [0.05, 0.1) is 0 Å². The molecule has 0 heterocycles. The first-order valence-corrected chi connectivity index (χ1v) is 19.0.